The van der Waals surface area contributed by atoms with Gasteiger partial charge in [-0.15, -0.1) is 0 Å². The van der Waals surface area contributed by atoms with Crippen LogP contribution in [0.3, 0.4) is 0 Å². The van der Waals surface area contributed by atoms with Crippen molar-refractivity contribution in [3.8, 4) is 33.4 Å². The lowest BCUT2D eigenvalue weighted by molar-refractivity contribution is 0.673. The normalized spacial score (nSPS) is 17.8. The predicted octanol–water partition coefficient (Wildman–Crippen LogP) is 13.2. The van der Waals surface area contributed by atoms with Crippen LogP contribution < -0.4 is 0 Å². The van der Waals surface area contributed by atoms with Gasteiger partial charge in [0.05, 0.1) is 27.4 Å². The van der Waals surface area contributed by atoms with Crippen LogP contribution in [-0.4, -0.2) is 0 Å². The molecule has 0 saturated carbocycles. The average molecular weight is 617 g/mol. The van der Waals surface area contributed by atoms with E-state index in [1.54, 1.807) is 48.5 Å². The van der Waals surface area contributed by atoms with Crippen molar-refractivity contribution in [3.63, 3.8) is 0 Å². The molecule has 0 bridgehead atoms. The summed E-state index contributed by atoms with van der Waals surface area (Å²) in [5.41, 5.74) is -1.40. The number of fused-ring (bicyclic) bond motifs is 8. The van der Waals surface area contributed by atoms with Crippen molar-refractivity contribution in [2.75, 3.05) is 0 Å². The topological polar surface area (TPSA) is 13.1 Å². The molecule has 1 heteroatoms. The zero-order chi connectivity index (χ0) is 48.3. The molecule has 0 fully saturated rings. The molecular formula is C46H28O. The quantitative estimate of drug-likeness (QED) is 0.180. The van der Waals surface area contributed by atoms with Crippen molar-refractivity contribution in [3.05, 3.63) is 169 Å². The van der Waals surface area contributed by atoms with Crippen molar-refractivity contribution < 1.29 is 31.8 Å². The molecule has 0 saturated heterocycles. The van der Waals surface area contributed by atoms with Gasteiger partial charge in [-0.2, -0.15) is 0 Å². The lowest BCUT2D eigenvalue weighted by atomic mass is 9.84. The lowest BCUT2D eigenvalue weighted by Crippen LogP contribution is -1.91. The molecule has 10 aromatic rings. The number of furan rings is 1. The standard InChI is InChI=1S/C46H28O/c1-2-12-33-28-34(25-22-29(33)10-1)30-20-23-32(24-21-30)43-36-14-5-7-16-38(36)44(39-17-8-6-15-37(39)43)40-18-9-19-42-45(40)41-27-26-31-11-3-4-13-35(31)46(41)47-42/h1-28H/i1D,2D,3D,4D,9D,10D,11D,12D,13D,18D,19D,20D,21D,22D,23D,24D,25D,26D,27D,28D. The van der Waals surface area contributed by atoms with Crippen molar-refractivity contribution in [2.45, 2.75) is 0 Å². The molecule has 0 aliphatic rings. The molecule has 1 heterocycles. The molecule has 0 N–H and O–H groups in total. The van der Waals surface area contributed by atoms with Crippen LogP contribution in [0, 0.1) is 0 Å². The number of hydrogen-bond donors (Lipinski definition) is 0. The summed E-state index contributed by atoms with van der Waals surface area (Å²) in [7, 11) is 0. The van der Waals surface area contributed by atoms with E-state index in [0.29, 0.717) is 21.5 Å². The molecule has 10 rings (SSSR count). The summed E-state index contributed by atoms with van der Waals surface area (Å²) in [4.78, 5) is 0. The summed E-state index contributed by atoms with van der Waals surface area (Å²) in [6, 6.07) is 0.675. The Bertz CT molecular complexity index is 3900. The van der Waals surface area contributed by atoms with Gasteiger partial charge in [-0.1, -0.05) is 151 Å². The van der Waals surface area contributed by atoms with Crippen LogP contribution in [0.2, 0.25) is 0 Å². The fourth-order valence-corrected chi connectivity index (χ4v) is 6.29. The third-order valence-corrected chi connectivity index (χ3v) is 8.31. The monoisotopic (exact) mass is 616 g/mol. The molecule has 0 amide bonds. The van der Waals surface area contributed by atoms with Gasteiger partial charge in [0.25, 0.3) is 0 Å². The maximum Gasteiger partial charge on any atom is 0.143 e. The van der Waals surface area contributed by atoms with Crippen LogP contribution in [-0.2, 0) is 0 Å². The van der Waals surface area contributed by atoms with E-state index in [0.717, 1.165) is 0 Å². The van der Waals surface area contributed by atoms with Crippen LogP contribution in [0.25, 0.3) is 98.4 Å². The molecule has 0 aliphatic carbocycles. The van der Waals surface area contributed by atoms with E-state index in [-0.39, 0.29) is 55.0 Å². The first-order chi connectivity index (χ1) is 31.7. The first-order valence-electron chi connectivity index (χ1n) is 24.6. The Morgan fingerprint density at radius 1 is 0.404 bits per heavy atom. The Kier molecular flexibility index (Phi) is 2.87. The molecule has 9 aromatic carbocycles. The molecule has 1 aromatic heterocycles. The Hall–Kier alpha value is -6.18. The molecule has 47 heavy (non-hydrogen) atoms. The first kappa shape index (κ1) is 13.3. The van der Waals surface area contributed by atoms with Gasteiger partial charge in [-0.05, 0) is 89.2 Å². The second-order valence-electron chi connectivity index (χ2n) is 10.9. The molecule has 0 aliphatic heterocycles. The Morgan fingerprint density at radius 2 is 1.00 bits per heavy atom. The van der Waals surface area contributed by atoms with E-state index in [1.807, 2.05) is 0 Å². The highest BCUT2D eigenvalue weighted by Crippen LogP contribution is 2.47. The van der Waals surface area contributed by atoms with Crippen molar-refractivity contribution in [1.29, 1.82) is 0 Å². The third-order valence-electron chi connectivity index (χ3n) is 8.31. The van der Waals surface area contributed by atoms with E-state index in [1.165, 1.54) is 0 Å². The van der Waals surface area contributed by atoms with Crippen LogP contribution in [0.5, 0.6) is 0 Å². The summed E-state index contributed by atoms with van der Waals surface area (Å²) < 4.78 is 184. The van der Waals surface area contributed by atoms with Crippen LogP contribution in [0.1, 0.15) is 27.4 Å². The van der Waals surface area contributed by atoms with E-state index in [9.17, 15) is 8.22 Å². The summed E-state index contributed by atoms with van der Waals surface area (Å²) in [6.45, 7) is 0. The van der Waals surface area contributed by atoms with E-state index >= 15 is 0 Å². The minimum atomic E-state index is -0.741. The smallest absolute Gasteiger partial charge is 0.143 e. The Labute approximate surface area is 300 Å². The van der Waals surface area contributed by atoms with Crippen LogP contribution in [0.4, 0.5) is 0 Å². The summed E-state index contributed by atoms with van der Waals surface area (Å²) in [5.74, 6) is 0. The second-order valence-corrected chi connectivity index (χ2v) is 10.9. The predicted molar refractivity (Wildman–Crippen MR) is 200 cm³/mol. The fourth-order valence-electron chi connectivity index (χ4n) is 6.29. The van der Waals surface area contributed by atoms with E-state index < -0.39 is 143 Å². The third kappa shape index (κ3) is 3.97. The molecule has 0 radical (unpaired) electrons. The molecule has 0 unspecified atom stereocenters. The van der Waals surface area contributed by atoms with Crippen LogP contribution >= 0.6 is 0 Å². The van der Waals surface area contributed by atoms with Gasteiger partial charge < -0.3 is 4.42 Å². The van der Waals surface area contributed by atoms with E-state index in [4.69, 9.17) is 23.6 Å². The van der Waals surface area contributed by atoms with Gasteiger partial charge in [0.2, 0.25) is 0 Å². The number of rotatable bonds is 3. The first-order valence-corrected chi connectivity index (χ1v) is 14.6. The maximum absolute atomic E-state index is 9.50. The van der Waals surface area contributed by atoms with Gasteiger partial charge in [0, 0.05) is 16.2 Å². The molecule has 0 spiro atoms. The van der Waals surface area contributed by atoms with Crippen LogP contribution in [0.15, 0.2) is 174 Å². The van der Waals surface area contributed by atoms with Crippen molar-refractivity contribution in [1.82, 2.24) is 0 Å². The minimum absolute atomic E-state index is 0.0249. The Balaban J connectivity index is 1.34. The van der Waals surface area contributed by atoms with Gasteiger partial charge in [0.15, 0.2) is 0 Å². The maximum atomic E-state index is 9.50. The average Bonchev–Trinajstić information content (AvgIpc) is 3.71. The minimum Gasteiger partial charge on any atom is -0.455 e. The van der Waals surface area contributed by atoms with Gasteiger partial charge in [0.1, 0.15) is 11.2 Å². The Morgan fingerprint density at radius 3 is 1.74 bits per heavy atom. The van der Waals surface area contributed by atoms with E-state index in [2.05, 4.69) is 0 Å². The van der Waals surface area contributed by atoms with Crippen molar-refractivity contribution in [2.24, 2.45) is 0 Å². The van der Waals surface area contributed by atoms with Crippen molar-refractivity contribution >= 4 is 65.0 Å². The number of benzene rings is 9. The van der Waals surface area contributed by atoms with Gasteiger partial charge in [-0.25, -0.2) is 0 Å². The SMILES string of the molecule is [2H]c1c([2H])c(-c2c3ccccc3c(-c3c([2H])c([2H])c([2H])c4oc5c6c([2H])c([2H])c([2H])c([2H])c6c([2H])c([2H])c5c34)c3ccccc23)c([2H])c([2H])c1-c1c([2H])c([2H])c2c([2H])c([2H])c([2H])c([2H])c2c1[2H]. The lowest BCUT2D eigenvalue weighted by Gasteiger charge is -2.18. The second kappa shape index (κ2) is 10.2. The summed E-state index contributed by atoms with van der Waals surface area (Å²) in [5, 5.41) is -0.209. The highest BCUT2D eigenvalue weighted by molar-refractivity contribution is 6.27. The van der Waals surface area contributed by atoms with Gasteiger partial charge >= 0.3 is 0 Å². The zero-order valence-corrected chi connectivity index (χ0v) is 24.0. The largest absolute Gasteiger partial charge is 0.455 e. The fraction of sp³-hybridized carbons (Fsp3) is 0. The summed E-state index contributed by atoms with van der Waals surface area (Å²) in [6.07, 6.45) is 0. The number of hydrogen-bond acceptors (Lipinski definition) is 1. The molecule has 0 atom stereocenters. The highest BCUT2D eigenvalue weighted by atomic mass is 16.3. The molecular weight excluding hydrogens is 569 g/mol. The van der Waals surface area contributed by atoms with Gasteiger partial charge in [-0.3, -0.25) is 0 Å². The zero-order valence-electron chi connectivity index (χ0n) is 44.0. The highest BCUT2D eigenvalue weighted by Gasteiger charge is 2.20. The molecule has 1 nitrogen and oxygen atoms in total. The summed E-state index contributed by atoms with van der Waals surface area (Å²) >= 11 is 0. The molecule has 218 valence electrons.